The van der Waals surface area contributed by atoms with Gasteiger partial charge in [-0.1, -0.05) is 6.07 Å². The summed E-state index contributed by atoms with van der Waals surface area (Å²) >= 11 is 0. The van der Waals surface area contributed by atoms with Crippen molar-refractivity contribution >= 4 is 11.8 Å². The molecule has 0 spiro atoms. The minimum Gasteiger partial charge on any atom is -0.497 e. The van der Waals surface area contributed by atoms with Gasteiger partial charge in [0.2, 0.25) is 12.7 Å². The Morgan fingerprint density at radius 3 is 2.38 bits per heavy atom. The molecule has 5 rings (SSSR count). The highest BCUT2D eigenvalue weighted by molar-refractivity contribution is 5.97. The van der Waals surface area contributed by atoms with E-state index in [1.807, 2.05) is 24.3 Å². The first kappa shape index (κ1) is 29.3. The van der Waals surface area contributed by atoms with Crippen LogP contribution in [0.5, 0.6) is 23.0 Å². The molecular formula is C31H37N3O8. The van der Waals surface area contributed by atoms with E-state index in [2.05, 4.69) is 4.90 Å². The van der Waals surface area contributed by atoms with Crippen LogP contribution in [0.3, 0.4) is 0 Å². The van der Waals surface area contributed by atoms with Gasteiger partial charge < -0.3 is 37.9 Å². The van der Waals surface area contributed by atoms with Crippen molar-refractivity contribution in [3.05, 3.63) is 71.7 Å². The summed E-state index contributed by atoms with van der Waals surface area (Å²) in [5, 5.41) is 0. The maximum Gasteiger partial charge on any atom is 0.254 e. The highest BCUT2D eigenvalue weighted by atomic mass is 16.7. The third-order valence-electron chi connectivity index (χ3n) is 7.31. The van der Waals surface area contributed by atoms with E-state index in [1.165, 1.54) is 14.2 Å². The normalized spacial score (nSPS) is 14.4. The molecule has 0 aliphatic carbocycles. The number of ether oxygens (including phenoxy) is 5. The summed E-state index contributed by atoms with van der Waals surface area (Å²) in [6.07, 6.45) is 2.29. The second-order valence-corrected chi connectivity index (χ2v) is 10.2. The van der Waals surface area contributed by atoms with E-state index in [4.69, 9.17) is 28.1 Å². The van der Waals surface area contributed by atoms with Crippen molar-refractivity contribution in [1.29, 1.82) is 0 Å². The molecule has 3 heterocycles. The molecule has 2 aliphatic heterocycles. The molecular weight excluding hydrogens is 542 g/mol. The number of benzene rings is 2. The number of hydrogen-bond donors (Lipinski definition) is 0. The summed E-state index contributed by atoms with van der Waals surface area (Å²) in [6, 6.07) is 14.3. The number of methoxy groups -OCH3 is 2. The molecule has 1 saturated heterocycles. The van der Waals surface area contributed by atoms with E-state index in [0.29, 0.717) is 67.0 Å². The Bertz CT molecular complexity index is 1320. The van der Waals surface area contributed by atoms with Crippen LogP contribution in [0.1, 0.15) is 28.1 Å². The Morgan fingerprint density at radius 1 is 0.905 bits per heavy atom. The fourth-order valence-electron chi connectivity index (χ4n) is 5.02. The smallest absolute Gasteiger partial charge is 0.254 e. The Morgan fingerprint density at radius 2 is 1.67 bits per heavy atom. The lowest BCUT2D eigenvalue weighted by Crippen LogP contribution is -2.44. The number of furan rings is 1. The van der Waals surface area contributed by atoms with Crippen molar-refractivity contribution in [2.24, 2.45) is 0 Å². The quantitative estimate of drug-likeness (QED) is 0.301. The van der Waals surface area contributed by atoms with E-state index in [-0.39, 0.29) is 31.7 Å². The van der Waals surface area contributed by atoms with Gasteiger partial charge in [-0.25, -0.2) is 0 Å². The third kappa shape index (κ3) is 7.54. The zero-order valence-electron chi connectivity index (χ0n) is 24.1. The largest absolute Gasteiger partial charge is 0.497 e. The van der Waals surface area contributed by atoms with Gasteiger partial charge in [-0.05, 0) is 48.4 Å². The highest BCUT2D eigenvalue weighted by Gasteiger charge is 2.25. The van der Waals surface area contributed by atoms with E-state index >= 15 is 0 Å². The molecule has 2 amide bonds. The lowest BCUT2D eigenvalue weighted by Gasteiger charge is -2.30. The second kappa shape index (κ2) is 14.1. The number of carbonyl (C=O) groups excluding carboxylic acids is 2. The van der Waals surface area contributed by atoms with Crippen LogP contribution in [0, 0.1) is 0 Å². The Labute approximate surface area is 245 Å². The first-order valence-electron chi connectivity index (χ1n) is 14.0. The molecule has 0 N–H and O–H groups in total. The van der Waals surface area contributed by atoms with Crippen LogP contribution in [0.25, 0.3) is 0 Å². The monoisotopic (exact) mass is 579 g/mol. The molecule has 2 aliphatic rings. The standard InChI is InChI=1S/C31H37N3O8/c1-37-26-16-24(17-27(18-26)38-2)31(36)33(9-4-8-32-10-13-39-14-11-32)21-30(35)34(20-25-5-3-12-40-25)19-23-6-7-28-29(15-23)42-22-41-28/h3,5-7,12,15-18H,4,8-11,13-14,19-22H2,1-2H3. The summed E-state index contributed by atoms with van der Waals surface area (Å²) in [4.78, 5) is 33.4. The van der Waals surface area contributed by atoms with Crippen molar-refractivity contribution in [2.75, 3.05) is 67.0 Å². The lowest BCUT2D eigenvalue weighted by atomic mass is 10.1. The van der Waals surface area contributed by atoms with Crippen LogP contribution in [0.4, 0.5) is 0 Å². The molecule has 11 heteroatoms. The highest BCUT2D eigenvalue weighted by Crippen LogP contribution is 2.33. The molecule has 0 atom stereocenters. The predicted molar refractivity (Wildman–Crippen MR) is 153 cm³/mol. The zero-order valence-corrected chi connectivity index (χ0v) is 24.1. The summed E-state index contributed by atoms with van der Waals surface area (Å²) < 4.78 is 32.8. The molecule has 0 bridgehead atoms. The van der Waals surface area contributed by atoms with Gasteiger partial charge in [-0.2, -0.15) is 0 Å². The van der Waals surface area contributed by atoms with Crippen molar-refractivity contribution in [2.45, 2.75) is 19.5 Å². The molecule has 0 unspecified atom stereocenters. The fourth-order valence-corrected chi connectivity index (χ4v) is 5.02. The number of nitrogens with zero attached hydrogens (tertiary/aromatic N) is 3. The van der Waals surface area contributed by atoms with Crippen molar-refractivity contribution in [1.82, 2.24) is 14.7 Å². The summed E-state index contributed by atoms with van der Waals surface area (Å²) in [7, 11) is 3.07. The maximum absolute atomic E-state index is 13.9. The van der Waals surface area contributed by atoms with Gasteiger partial charge in [0.15, 0.2) is 11.5 Å². The lowest BCUT2D eigenvalue weighted by molar-refractivity contribution is -0.133. The number of carbonyl (C=O) groups is 2. The second-order valence-electron chi connectivity index (χ2n) is 10.2. The molecule has 224 valence electrons. The number of hydrogen-bond acceptors (Lipinski definition) is 9. The van der Waals surface area contributed by atoms with Crippen LogP contribution < -0.4 is 18.9 Å². The van der Waals surface area contributed by atoms with Crippen molar-refractivity contribution < 1.29 is 37.7 Å². The average molecular weight is 580 g/mol. The molecule has 11 nitrogen and oxygen atoms in total. The van der Waals surface area contributed by atoms with Gasteiger partial charge >= 0.3 is 0 Å². The maximum atomic E-state index is 13.9. The van der Waals surface area contributed by atoms with Crippen LogP contribution in [0.15, 0.2) is 59.2 Å². The van der Waals surface area contributed by atoms with Crippen LogP contribution in [-0.4, -0.2) is 93.5 Å². The zero-order chi connectivity index (χ0) is 29.3. The molecule has 3 aromatic rings. The van der Waals surface area contributed by atoms with Crippen LogP contribution in [0.2, 0.25) is 0 Å². The summed E-state index contributed by atoms with van der Waals surface area (Å²) in [5.41, 5.74) is 1.26. The topological polar surface area (TPSA) is 103 Å². The van der Waals surface area contributed by atoms with E-state index in [9.17, 15) is 9.59 Å². The SMILES string of the molecule is COc1cc(OC)cc(C(=O)N(CCCN2CCOCC2)CC(=O)N(Cc2ccc3c(c2)OCO3)Cc2ccco2)c1. The molecule has 0 saturated carbocycles. The number of amides is 2. The van der Waals surface area contributed by atoms with Gasteiger partial charge in [0.05, 0.1) is 40.2 Å². The van der Waals surface area contributed by atoms with Crippen molar-refractivity contribution in [3.8, 4) is 23.0 Å². The van der Waals surface area contributed by atoms with Gasteiger partial charge in [0.1, 0.15) is 23.8 Å². The van der Waals surface area contributed by atoms with E-state index in [0.717, 1.165) is 25.2 Å². The predicted octanol–water partition coefficient (Wildman–Crippen LogP) is 3.42. The first-order chi connectivity index (χ1) is 20.5. The van der Waals surface area contributed by atoms with Gasteiger partial charge in [-0.15, -0.1) is 0 Å². The fraction of sp³-hybridized carbons (Fsp3) is 0.419. The molecule has 0 radical (unpaired) electrons. The van der Waals surface area contributed by atoms with Crippen LogP contribution in [-0.2, 0) is 22.6 Å². The number of morpholine rings is 1. The average Bonchev–Trinajstić information content (AvgIpc) is 3.72. The summed E-state index contributed by atoms with van der Waals surface area (Å²) in [5.74, 6) is 2.48. The first-order valence-corrected chi connectivity index (χ1v) is 14.0. The number of fused-ring (bicyclic) bond motifs is 1. The Kier molecular flexibility index (Phi) is 9.83. The Hall–Kier alpha value is -4.22. The third-order valence-corrected chi connectivity index (χ3v) is 7.31. The molecule has 2 aromatic carbocycles. The van der Waals surface area contributed by atoms with Crippen LogP contribution >= 0.6 is 0 Å². The minimum atomic E-state index is -0.274. The Balaban J connectivity index is 1.35. The van der Waals surface area contributed by atoms with Crippen molar-refractivity contribution in [3.63, 3.8) is 0 Å². The van der Waals surface area contributed by atoms with Gasteiger partial charge in [-0.3, -0.25) is 14.5 Å². The molecule has 42 heavy (non-hydrogen) atoms. The van der Waals surface area contributed by atoms with E-state index < -0.39 is 0 Å². The van der Waals surface area contributed by atoms with Gasteiger partial charge in [0, 0.05) is 44.4 Å². The molecule has 1 fully saturated rings. The van der Waals surface area contributed by atoms with Gasteiger partial charge in [0.25, 0.3) is 5.91 Å². The van der Waals surface area contributed by atoms with E-state index in [1.54, 1.807) is 40.3 Å². The molecule has 1 aromatic heterocycles. The minimum absolute atomic E-state index is 0.104. The number of rotatable bonds is 13. The summed E-state index contributed by atoms with van der Waals surface area (Å²) in [6.45, 7) is 4.94.